The molecule has 0 amide bonds. The maximum absolute atomic E-state index is 12.0. The summed E-state index contributed by atoms with van der Waals surface area (Å²) in [7, 11) is -0.523. The Labute approximate surface area is 141 Å². The van der Waals surface area contributed by atoms with Crippen molar-refractivity contribution in [3.63, 3.8) is 0 Å². The Kier molecular flexibility index (Phi) is 5.27. The van der Waals surface area contributed by atoms with E-state index in [1.54, 1.807) is 6.92 Å². The average Bonchev–Trinajstić information content (AvgIpc) is 2.89. The van der Waals surface area contributed by atoms with Crippen molar-refractivity contribution in [2.75, 3.05) is 6.61 Å². The molecule has 1 fully saturated rings. The Morgan fingerprint density at radius 3 is 2.41 bits per heavy atom. The van der Waals surface area contributed by atoms with E-state index < -0.39 is 18.3 Å². The minimum absolute atomic E-state index is 0.185. The summed E-state index contributed by atoms with van der Waals surface area (Å²) in [5.41, 5.74) is -0.900. The highest BCUT2D eigenvalue weighted by Gasteiger charge is 2.54. The van der Waals surface area contributed by atoms with E-state index in [9.17, 15) is 4.79 Å². The lowest BCUT2D eigenvalue weighted by molar-refractivity contribution is -0.143. The van der Waals surface area contributed by atoms with Crippen LogP contribution in [0.4, 0.5) is 0 Å². The maximum atomic E-state index is 12.0. The zero-order valence-corrected chi connectivity index (χ0v) is 15.2. The first-order valence-corrected chi connectivity index (χ1v) is 8.68. The molecule has 0 aromatic carbocycles. The van der Waals surface area contributed by atoms with Gasteiger partial charge in [-0.25, -0.2) is 0 Å². The lowest BCUT2D eigenvalue weighted by atomic mass is 9.69. The highest BCUT2D eigenvalue weighted by Crippen LogP contribution is 2.44. The molecule has 7 heteroatoms. The van der Waals surface area contributed by atoms with E-state index in [0.717, 1.165) is 4.88 Å². The van der Waals surface area contributed by atoms with Crippen molar-refractivity contribution in [1.82, 2.24) is 0 Å². The number of thiophene rings is 1. The number of ether oxygens (including phenoxy) is 1. The highest BCUT2D eigenvalue weighted by atomic mass is 35.5. The van der Waals surface area contributed by atoms with E-state index in [1.165, 1.54) is 11.3 Å². The molecule has 1 aromatic heterocycles. The number of esters is 1. The molecule has 1 aliphatic rings. The summed E-state index contributed by atoms with van der Waals surface area (Å²) in [4.78, 5) is 12.9. The van der Waals surface area contributed by atoms with Crippen molar-refractivity contribution in [2.24, 2.45) is 0 Å². The van der Waals surface area contributed by atoms with Gasteiger partial charge in [-0.05, 0) is 46.1 Å². The summed E-state index contributed by atoms with van der Waals surface area (Å²) < 4.78 is 17.3. The summed E-state index contributed by atoms with van der Waals surface area (Å²) >= 11 is 7.77. The van der Waals surface area contributed by atoms with Crippen LogP contribution in [0.25, 0.3) is 0 Å². The van der Waals surface area contributed by atoms with Gasteiger partial charge in [0.2, 0.25) is 0 Å². The smallest absolute Gasteiger partial charge is 0.466 e. The van der Waals surface area contributed by atoms with Gasteiger partial charge in [-0.15, -0.1) is 11.3 Å². The van der Waals surface area contributed by atoms with Crippen molar-refractivity contribution >= 4 is 36.0 Å². The molecule has 2 heterocycles. The highest BCUT2D eigenvalue weighted by molar-refractivity contribution is 7.11. The largest absolute Gasteiger partial charge is 0.467 e. The lowest BCUT2D eigenvalue weighted by Gasteiger charge is -2.32. The monoisotopic (exact) mass is 344 g/mol. The predicted octanol–water partition coefficient (Wildman–Crippen LogP) is 4.07. The van der Waals surface area contributed by atoms with Crippen LogP contribution in [-0.2, 0) is 18.8 Å². The molecule has 0 spiro atoms. The Morgan fingerprint density at radius 2 is 1.95 bits per heavy atom. The van der Waals surface area contributed by atoms with E-state index in [2.05, 4.69) is 0 Å². The first-order valence-electron chi connectivity index (χ1n) is 7.42. The quantitative estimate of drug-likeness (QED) is 0.596. The molecule has 0 saturated carbocycles. The van der Waals surface area contributed by atoms with Gasteiger partial charge >= 0.3 is 13.1 Å². The van der Waals surface area contributed by atoms with E-state index in [4.69, 9.17) is 25.6 Å². The number of carbonyl (C=O) groups excluding carboxylic acids is 1. The molecule has 0 bridgehead atoms. The molecule has 1 aromatic rings. The van der Waals surface area contributed by atoms with Crippen LogP contribution in [0.1, 0.15) is 51.7 Å². The third-order valence-corrected chi connectivity index (χ3v) is 5.76. The molecule has 1 unspecified atom stereocenters. The topological polar surface area (TPSA) is 44.8 Å². The van der Waals surface area contributed by atoms with Crippen molar-refractivity contribution in [2.45, 2.75) is 58.1 Å². The minimum Gasteiger partial charge on any atom is -0.466 e. The first-order chi connectivity index (χ1) is 10.2. The number of hydrogen-bond donors (Lipinski definition) is 0. The second-order valence-electron chi connectivity index (χ2n) is 6.37. The van der Waals surface area contributed by atoms with Gasteiger partial charge in [-0.2, -0.15) is 0 Å². The Hall–Kier alpha value is -0.555. The van der Waals surface area contributed by atoms with Crippen LogP contribution < -0.4 is 0 Å². The van der Waals surface area contributed by atoms with E-state index >= 15 is 0 Å². The third kappa shape index (κ3) is 3.50. The standard InChI is InChI=1S/C15H22BClO4S/c1-6-19-12(18)9-10(13-11(17)7-8-22-13)16-20-14(2,3)15(4,5)21-16/h7-8,10H,6,9H2,1-5H3. The van der Waals surface area contributed by atoms with Gasteiger partial charge in [0.15, 0.2) is 0 Å². The van der Waals surface area contributed by atoms with Gasteiger partial charge in [0.25, 0.3) is 0 Å². The van der Waals surface area contributed by atoms with Gasteiger partial charge in [-0.1, -0.05) is 11.6 Å². The minimum atomic E-state index is -0.523. The number of halogens is 1. The normalized spacial score (nSPS) is 20.9. The fraction of sp³-hybridized carbons (Fsp3) is 0.667. The summed E-state index contributed by atoms with van der Waals surface area (Å²) in [5.74, 6) is -0.542. The summed E-state index contributed by atoms with van der Waals surface area (Å²) in [6, 6.07) is 1.82. The third-order valence-electron chi connectivity index (χ3n) is 4.27. The first kappa shape index (κ1) is 17.8. The molecule has 0 aliphatic carbocycles. The van der Waals surface area contributed by atoms with Crippen molar-refractivity contribution in [1.29, 1.82) is 0 Å². The van der Waals surface area contributed by atoms with Gasteiger partial charge in [-0.3, -0.25) is 4.79 Å². The summed E-state index contributed by atoms with van der Waals surface area (Å²) in [6.07, 6.45) is 0.185. The molecule has 1 saturated heterocycles. The van der Waals surface area contributed by atoms with Crippen LogP contribution in [0, 0.1) is 0 Å². The number of rotatable bonds is 5. The van der Waals surface area contributed by atoms with Crippen LogP contribution in [-0.4, -0.2) is 30.9 Å². The van der Waals surface area contributed by atoms with Crippen LogP contribution in [0.2, 0.25) is 5.02 Å². The van der Waals surface area contributed by atoms with Crippen molar-refractivity contribution < 1.29 is 18.8 Å². The maximum Gasteiger partial charge on any atom is 0.467 e. The number of hydrogen-bond acceptors (Lipinski definition) is 5. The summed E-state index contributed by atoms with van der Waals surface area (Å²) in [6.45, 7) is 10.1. The van der Waals surface area contributed by atoms with E-state index in [0.29, 0.717) is 11.6 Å². The predicted molar refractivity (Wildman–Crippen MR) is 89.4 cm³/mol. The molecule has 1 atom stereocenters. The molecule has 122 valence electrons. The molecule has 0 N–H and O–H groups in total. The molecular weight excluding hydrogens is 322 g/mol. The lowest BCUT2D eigenvalue weighted by Crippen LogP contribution is -2.41. The van der Waals surface area contributed by atoms with Crippen molar-refractivity contribution in [3.8, 4) is 0 Å². The number of carbonyl (C=O) groups is 1. The molecule has 4 nitrogen and oxygen atoms in total. The SMILES string of the molecule is CCOC(=O)CC(B1OC(C)(C)C(C)(C)O1)c1sccc1Cl. The Balaban J connectivity index is 2.26. The van der Waals surface area contributed by atoms with Gasteiger partial charge in [0, 0.05) is 10.7 Å². The molecule has 0 radical (unpaired) electrons. The molecule has 22 heavy (non-hydrogen) atoms. The second kappa shape index (κ2) is 6.52. The zero-order valence-electron chi connectivity index (χ0n) is 13.6. The van der Waals surface area contributed by atoms with Gasteiger partial charge in [0.05, 0.1) is 29.3 Å². The molecule has 2 rings (SSSR count). The second-order valence-corrected chi connectivity index (χ2v) is 7.73. The van der Waals surface area contributed by atoms with Crippen LogP contribution in [0.5, 0.6) is 0 Å². The van der Waals surface area contributed by atoms with E-state index in [1.807, 2.05) is 39.1 Å². The van der Waals surface area contributed by atoms with Crippen LogP contribution >= 0.6 is 22.9 Å². The Bertz CT molecular complexity index is 527. The van der Waals surface area contributed by atoms with Crippen LogP contribution in [0.3, 0.4) is 0 Å². The molecule has 1 aliphatic heterocycles. The van der Waals surface area contributed by atoms with Crippen LogP contribution in [0.15, 0.2) is 11.4 Å². The van der Waals surface area contributed by atoms with E-state index in [-0.39, 0.29) is 18.2 Å². The molecular formula is C15H22BClO4S. The summed E-state index contributed by atoms with van der Waals surface area (Å²) in [5, 5.41) is 2.54. The zero-order chi connectivity index (χ0) is 16.5. The fourth-order valence-electron chi connectivity index (χ4n) is 2.33. The van der Waals surface area contributed by atoms with Gasteiger partial charge < -0.3 is 14.0 Å². The van der Waals surface area contributed by atoms with Gasteiger partial charge in [0.1, 0.15) is 0 Å². The fourth-order valence-corrected chi connectivity index (χ4v) is 3.65. The average molecular weight is 345 g/mol. The Morgan fingerprint density at radius 1 is 1.36 bits per heavy atom. The van der Waals surface area contributed by atoms with Crippen molar-refractivity contribution in [3.05, 3.63) is 21.3 Å².